The second-order valence-corrected chi connectivity index (χ2v) is 12.1. The third-order valence-electron chi connectivity index (χ3n) is 9.15. The molecule has 0 N–H and O–H groups in total. The molecule has 0 fully saturated rings. The van der Waals surface area contributed by atoms with Crippen molar-refractivity contribution in [3.8, 4) is 44.5 Å². The van der Waals surface area contributed by atoms with E-state index in [4.69, 9.17) is 19.9 Å². The Morgan fingerprint density at radius 2 is 0.653 bits per heavy atom. The molecule has 4 nitrogen and oxygen atoms in total. The van der Waals surface area contributed by atoms with Crippen molar-refractivity contribution >= 4 is 34.2 Å². The van der Waals surface area contributed by atoms with Gasteiger partial charge in [-0.25, -0.2) is 4.98 Å². The van der Waals surface area contributed by atoms with Crippen LogP contribution in [0.5, 0.6) is 0 Å². The zero-order chi connectivity index (χ0) is 31.9. The number of hydrogen-bond acceptors (Lipinski definition) is 2. The van der Waals surface area contributed by atoms with Crippen molar-refractivity contribution in [3.05, 3.63) is 168 Å². The monoisotopic (exact) mass is 678 g/mol. The summed E-state index contributed by atoms with van der Waals surface area (Å²) in [6.07, 6.45) is 5.86. The summed E-state index contributed by atoms with van der Waals surface area (Å²) >= 11 is 0. The first kappa shape index (κ1) is 30.7. The van der Waals surface area contributed by atoms with E-state index in [1.807, 2.05) is 12.1 Å². The van der Waals surface area contributed by atoms with Gasteiger partial charge in [0.05, 0.1) is 11.4 Å². The number of benzene rings is 4. The van der Waals surface area contributed by atoms with Crippen molar-refractivity contribution in [2.45, 2.75) is 12.8 Å². The molecule has 9 rings (SSSR count). The van der Waals surface area contributed by atoms with Gasteiger partial charge in [-0.15, -0.1) is 22.1 Å². The van der Waals surface area contributed by atoms with Crippen LogP contribution in [0.1, 0.15) is 22.8 Å². The maximum Gasteiger partial charge on any atom is 2.00 e. The van der Waals surface area contributed by atoms with E-state index in [-0.39, 0.29) is 19.5 Å². The molecule has 2 aliphatic heterocycles. The van der Waals surface area contributed by atoms with Gasteiger partial charge in [0.15, 0.2) is 0 Å². The van der Waals surface area contributed by atoms with Crippen LogP contribution in [-0.2, 0) is 32.3 Å². The molecule has 8 bridgehead atoms. The van der Waals surface area contributed by atoms with E-state index in [0.717, 1.165) is 102 Å². The van der Waals surface area contributed by atoms with Gasteiger partial charge in [-0.05, 0) is 69.5 Å². The van der Waals surface area contributed by atoms with Crippen LogP contribution in [-0.4, -0.2) is 9.97 Å². The Kier molecular flexibility index (Phi) is 8.21. The summed E-state index contributed by atoms with van der Waals surface area (Å²) in [4.78, 5) is 21.4. The first-order valence-corrected chi connectivity index (χ1v) is 16.4. The van der Waals surface area contributed by atoms with E-state index in [2.05, 4.69) is 146 Å². The molecule has 0 radical (unpaired) electrons. The molecule has 5 heteroatoms. The van der Waals surface area contributed by atoms with Crippen LogP contribution in [0.4, 0.5) is 0 Å². The van der Waals surface area contributed by atoms with Gasteiger partial charge in [0.1, 0.15) is 0 Å². The molecule has 2 aliphatic rings. The average molecular weight is 680 g/mol. The maximum atomic E-state index is 5.42. The van der Waals surface area contributed by atoms with Crippen LogP contribution >= 0.6 is 0 Å². The van der Waals surface area contributed by atoms with Crippen LogP contribution in [0, 0.1) is 0 Å². The molecular weight excluding hydrogens is 650 g/mol. The molecule has 0 atom stereocenters. The normalized spacial score (nSPS) is 12.1. The smallest absolute Gasteiger partial charge is 0.657 e. The predicted molar refractivity (Wildman–Crippen MR) is 197 cm³/mol. The first-order chi connectivity index (χ1) is 23.8. The Bertz CT molecular complexity index is 2310. The average Bonchev–Trinajstić information content (AvgIpc) is 3.98. The maximum absolute atomic E-state index is 5.42. The molecular formula is C44H30N4Zn. The number of hydrogen-bond donors (Lipinski definition) is 0. The fraction of sp³-hybridized carbons (Fsp3) is 0.0455. The summed E-state index contributed by atoms with van der Waals surface area (Å²) in [5.74, 6) is 0. The van der Waals surface area contributed by atoms with Gasteiger partial charge in [0, 0.05) is 11.4 Å². The zero-order valence-corrected chi connectivity index (χ0v) is 29.9. The van der Waals surface area contributed by atoms with Crippen molar-refractivity contribution in [2.24, 2.45) is 0 Å². The predicted octanol–water partition coefficient (Wildman–Crippen LogP) is 10.2. The van der Waals surface area contributed by atoms with Crippen molar-refractivity contribution < 1.29 is 19.5 Å². The van der Waals surface area contributed by atoms with Crippen molar-refractivity contribution in [3.63, 3.8) is 0 Å². The molecule has 7 aromatic rings. The fourth-order valence-corrected chi connectivity index (χ4v) is 6.99. The summed E-state index contributed by atoms with van der Waals surface area (Å²) in [7, 11) is 0. The summed E-state index contributed by atoms with van der Waals surface area (Å²) in [6.45, 7) is 0. The molecule has 0 unspecified atom stereocenters. The molecule has 228 valence electrons. The van der Waals surface area contributed by atoms with Gasteiger partial charge in [-0.2, -0.15) is 0 Å². The minimum Gasteiger partial charge on any atom is -0.657 e. The van der Waals surface area contributed by atoms with E-state index >= 15 is 0 Å². The van der Waals surface area contributed by atoms with E-state index in [9.17, 15) is 0 Å². The van der Waals surface area contributed by atoms with Gasteiger partial charge in [0.2, 0.25) is 0 Å². The quantitative estimate of drug-likeness (QED) is 0.174. The number of rotatable bonds is 4. The summed E-state index contributed by atoms with van der Waals surface area (Å²) in [6, 6.07) is 50.5. The molecule has 0 saturated carbocycles. The number of aromatic nitrogens is 4. The van der Waals surface area contributed by atoms with Crippen LogP contribution < -0.4 is 9.97 Å². The Hall–Kier alpha value is -5.64. The largest absolute Gasteiger partial charge is 2.00 e. The van der Waals surface area contributed by atoms with Crippen molar-refractivity contribution in [1.29, 1.82) is 0 Å². The summed E-state index contributed by atoms with van der Waals surface area (Å²) < 4.78 is 0. The van der Waals surface area contributed by atoms with Gasteiger partial charge >= 0.3 is 19.5 Å². The molecule has 3 aromatic heterocycles. The fourth-order valence-electron chi connectivity index (χ4n) is 6.99. The third-order valence-corrected chi connectivity index (χ3v) is 9.15. The van der Waals surface area contributed by atoms with Gasteiger partial charge in [-0.1, -0.05) is 146 Å². The number of aryl methyl sites for hydroxylation is 2. The number of fused-ring (bicyclic) bond motifs is 8. The molecule has 49 heavy (non-hydrogen) atoms. The minimum atomic E-state index is 0. The standard InChI is InChI=1S/C44H30N4.Zn/c1-5-13-29(14-6-1)41-33-21-23-35(45-33)42(30-15-7-2-8-16-30)37-25-27-39(47-37)44(32-19-11-4-12-20-32)40-28-26-38(48-40)43(31-17-9-3-10-18-31)36-24-22-34(41)46-36;/h1-25,27H,26,28H2;/q-2;+2. The Balaban J connectivity index is 0.00000348. The van der Waals surface area contributed by atoms with E-state index in [0.29, 0.717) is 0 Å². The molecule has 0 aliphatic carbocycles. The zero-order valence-electron chi connectivity index (χ0n) is 26.9. The van der Waals surface area contributed by atoms with Gasteiger partial charge in [0.25, 0.3) is 0 Å². The van der Waals surface area contributed by atoms with Crippen LogP contribution in [0.3, 0.4) is 0 Å². The molecule has 5 heterocycles. The Morgan fingerprint density at radius 1 is 0.347 bits per heavy atom. The molecule has 0 saturated heterocycles. The Labute approximate surface area is 298 Å². The topological polar surface area (TPSA) is 54.0 Å². The van der Waals surface area contributed by atoms with Crippen LogP contribution in [0.25, 0.3) is 78.7 Å². The third kappa shape index (κ3) is 5.67. The Morgan fingerprint density at radius 3 is 1.00 bits per heavy atom. The summed E-state index contributed by atoms with van der Waals surface area (Å²) in [5, 5.41) is 0. The SMILES string of the molecule is C1=Cc2nc1c(-c1ccccc1)c1ccc([n-]1)c(-c1ccccc1)c1nc(c(-c3ccccc3)c3ccc([n-]3)c2-c2ccccc2)CC1.[Zn+2]. The van der Waals surface area contributed by atoms with Crippen molar-refractivity contribution in [2.75, 3.05) is 0 Å². The van der Waals surface area contributed by atoms with E-state index in [1.54, 1.807) is 0 Å². The molecule has 0 amide bonds. The minimum absolute atomic E-state index is 0. The van der Waals surface area contributed by atoms with E-state index < -0.39 is 0 Å². The van der Waals surface area contributed by atoms with Crippen LogP contribution in [0.15, 0.2) is 146 Å². The molecule has 4 aromatic carbocycles. The van der Waals surface area contributed by atoms with Gasteiger partial charge in [-0.3, -0.25) is 4.98 Å². The number of nitrogens with zero attached hydrogens (tertiary/aromatic N) is 4. The second kappa shape index (κ2) is 13.1. The second-order valence-electron chi connectivity index (χ2n) is 12.1. The van der Waals surface area contributed by atoms with Crippen molar-refractivity contribution in [1.82, 2.24) is 19.9 Å². The van der Waals surface area contributed by atoms with Gasteiger partial charge < -0.3 is 9.97 Å². The first-order valence-electron chi connectivity index (χ1n) is 16.4. The summed E-state index contributed by atoms with van der Waals surface area (Å²) in [5.41, 5.74) is 15.9. The van der Waals surface area contributed by atoms with Crippen LogP contribution in [0.2, 0.25) is 0 Å². The molecule has 0 spiro atoms. The van der Waals surface area contributed by atoms with E-state index in [1.165, 1.54) is 0 Å².